The van der Waals surface area contributed by atoms with Crippen molar-refractivity contribution in [3.63, 3.8) is 0 Å². The molecule has 5 heteroatoms. The van der Waals surface area contributed by atoms with Crippen molar-refractivity contribution in [3.05, 3.63) is 24.3 Å². The Morgan fingerprint density at radius 1 is 1.32 bits per heavy atom. The highest BCUT2D eigenvalue weighted by Crippen LogP contribution is 2.17. The molecule has 104 valence electrons. The van der Waals surface area contributed by atoms with Crippen LogP contribution in [-0.4, -0.2) is 32.1 Å². The van der Waals surface area contributed by atoms with E-state index >= 15 is 0 Å². The van der Waals surface area contributed by atoms with E-state index in [0.717, 1.165) is 11.5 Å². The second-order valence-corrected chi connectivity index (χ2v) is 4.46. The monoisotopic (exact) mass is 263 g/mol. The summed E-state index contributed by atoms with van der Waals surface area (Å²) in [5.41, 5.74) is 1.71. The summed E-state index contributed by atoms with van der Waals surface area (Å²) in [6.45, 7) is 5.56. The van der Waals surface area contributed by atoms with Gasteiger partial charge in [0.2, 0.25) is 0 Å². The molecule has 0 saturated carbocycles. The van der Waals surface area contributed by atoms with Gasteiger partial charge in [-0.25, -0.2) is 4.79 Å². The highest BCUT2D eigenvalue weighted by Gasteiger charge is 2.07. The smallest absolute Gasteiger partial charge is 0.411 e. The molecule has 0 bridgehead atoms. The van der Waals surface area contributed by atoms with Crippen molar-refractivity contribution in [2.75, 3.05) is 24.3 Å². The standard InChI is InChI=1S/C14H21N3O2/c1-10(2)19-14(18)16-12-6-8-13(9-7-12)17(5)11(3)15-4/h6-10H,1-5H3,(H,16,18). The SMILES string of the molecule is CN=C(C)N(C)c1ccc(NC(=O)OC(C)C)cc1. The molecule has 0 atom stereocenters. The molecule has 0 aromatic heterocycles. The number of anilines is 2. The molecule has 1 aromatic rings. The van der Waals surface area contributed by atoms with Crippen LogP contribution in [0.25, 0.3) is 0 Å². The number of nitrogens with zero attached hydrogens (tertiary/aromatic N) is 2. The summed E-state index contributed by atoms with van der Waals surface area (Å²) in [6.07, 6.45) is -0.573. The quantitative estimate of drug-likeness (QED) is 0.673. The number of hydrogen-bond donors (Lipinski definition) is 1. The van der Waals surface area contributed by atoms with Crippen LogP contribution in [0.15, 0.2) is 29.3 Å². The predicted molar refractivity (Wildman–Crippen MR) is 79.1 cm³/mol. The zero-order valence-corrected chi connectivity index (χ0v) is 12.1. The third kappa shape index (κ3) is 4.62. The van der Waals surface area contributed by atoms with Crippen molar-refractivity contribution < 1.29 is 9.53 Å². The average molecular weight is 263 g/mol. The molecule has 1 N–H and O–H groups in total. The van der Waals surface area contributed by atoms with E-state index in [1.165, 1.54) is 0 Å². The first kappa shape index (κ1) is 15.0. The molecule has 0 heterocycles. The molecule has 0 fully saturated rings. The van der Waals surface area contributed by atoms with Gasteiger partial charge in [-0.2, -0.15) is 0 Å². The van der Waals surface area contributed by atoms with E-state index in [0.29, 0.717) is 5.69 Å². The maximum atomic E-state index is 11.4. The van der Waals surface area contributed by atoms with Crippen molar-refractivity contribution in [3.8, 4) is 0 Å². The largest absolute Gasteiger partial charge is 0.447 e. The van der Waals surface area contributed by atoms with Crippen LogP contribution in [0.2, 0.25) is 0 Å². The molecule has 1 rings (SSSR count). The molecular weight excluding hydrogens is 242 g/mol. The summed E-state index contributed by atoms with van der Waals surface area (Å²) in [4.78, 5) is 17.5. The number of carbonyl (C=O) groups excluding carboxylic acids is 1. The lowest BCUT2D eigenvalue weighted by atomic mass is 10.2. The predicted octanol–water partition coefficient (Wildman–Crippen LogP) is 3.13. The molecule has 0 aliphatic carbocycles. The topological polar surface area (TPSA) is 53.9 Å². The summed E-state index contributed by atoms with van der Waals surface area (Å²) in [7, 11) is 3.70. The van der Waals surface area contributed by atoms with Crippen LogP contribution in [0.1, 0.15) is 20.8 Å². The van der Waals surface area contributed by atoms with Crippen molar-refractivity contribution >= 4 is 23.3 Å². The Balaban J connectivity index is 2.69. The van der Waals surface area contributed by atoms with E-state index in [-0.39, 0.29) is 6.10 Å². The minimum atomic E-state index is -0.442. The van der Waals surface area contributed by atoms with Crippen molar-refractivity contribution in [1.29, 1.82) is 0 Å². The molecule has 0 spiro atoms. The Morgan fingerprint density at radius 3 is 2.37 bits per heavy atom. The van der Waals surface area contributed by atoms with Gasteiger partial charge in [0, 0.05) is 25.5 Å². The van der Waals surface area contributed by atoms with Crippen LogP contribution >= 0.6 is 0 Å². The lowest BCUT2D eigenvalue weighted by Crippen LogP contribution is -2.23. The second-order valence-electron chi connectivity index (χ2n) is 4.46. The van der Waals surface area contributed by atoms with Crippen LogP contribution in [-0.2, 0) is 4.74 Å². The number of aliphatic imine (C=N–C) groups is 1. The lowest BCUT2D eigenvalue weighted by molar-refractivity contribution is 0.130. The van der Waals surface area contributed by atoms with Crippen LogP contribution in [0.4, 0.5) is 16.2 Å². The average Bonchev–Trinajstić information content (AvgIpc) is 2.36. The Hall–Kier alpha value is -2.04. The number of hydrogen-bond acceptors (Lipinski definition) is 3. The van der Waals surface area contributed by atoms with Gasteiger partial charge in [0.25, 0.3) is 0 Å². The number of benzene rings is 1. The number of carbonyl (C=O) groups is 1. The van der Waals surface area contributed by atoms with Gasteiger partial charge in [0.05, 0.1) is 11.9 Å². The van der Waals surface area contributed by atoms with E-state index in [2.05, 4.69) is 10.3 Å². The Morgan fingerprint density at radius 2 is 1.89 bits per heavy atom. The first-order valence-electron chi connectivity index (χ1n) is 6.19. The number of nitrogens with one attached hydrogen (secondary N) is 1. The van der Waals surface area contributed by atoms with Gasteiger partial charge in [-0.1, -0.05) is 0 Å². The summed E-state index contributed by atoms with van der Waals surface area (Å²) in [6, 6.07) is 7.49. The molecule has 1 amide bonds. The fourth-order valence-corrected chi connectivity index (χ4v) is 1.47. The second kappa shape index (κ2) is 6.78. The number of amidine groups is 1. The normalized spacial score (nSPS) is 11.4. The van der Waals surface area contributed by atoms with Crippen molar-refractivity contribution in [1.82, 2.24) is 0 Å². The maximum Gasteiger partial charge on any atom is 0.411 e. The molecule has 0 aliphatic heterocycles. The van der Waals surface area contributed by atoms with Crippen molar-refractivity contribution in [2.45, 2.75) is 26.9 Å². The number of ether oxygens (including phenoxy) is 1. The Kier molecular flexibility index (Phi) is 5.36. The van der Waals surface area contributed by atoms with Gasteiger partial charge in [-0.15, -0.1) is 0 Å². The molecule has 5 nitrogen and oxygen atoms in total. The summed E-state index contributed by atoms with van der Waals surface area (Å²) < 4.78 is 5.01. The fraction of sp³-hybridized carbons (Fsp3) is 0.429. The van der Waals surface area contributed by atoms with Crippen molar-refractivity contribution in [2.24, 2.45) is 4.99 Å². The maximum absolute atomic E-state index is 11.4. The van der Waals surface area contributed by atoms with E-state index < -0.39 is 6.09 Å². The number of rotatable bonds is 3. The fourth-order valence-electron chi connectivity index (χ4n) is 1.47. The first-order valence-corrected chi connectivity index (χ1v) is 6.19. The summed E-state index contributed by atoms with van der Waals surface area (Å²) in [5.74, 6) is 0.917. The van der Waals surface area contributed by atoms with Crippen LogP contribution in [0, 0.1) is 0 Å². The molecule has 0 radical (unpaired) electrons. The molecule has 0 aliphatic rings. The minimum Gasteiger partial charge on any atom is -0.447 e. The Labute approximate surface area is 114 Å². The molecular formula is C14H21N3O2. The third-order valence-electron chi connectivity index (χ3n) is 2.65. The van der Waals surface area contributed by atoms with Gasteiger partial charge in [0.1, 0.15) is 0 Å². The third-order valence-corrected chi connectivity index (χ3v) is 2.65. The zero-order valence-electron chi connectivity index (χ0n) is 12.1. The molecule has 0 unspecified atom stereocenters. The first-order chi connectivity index (χ1) is 8.93. The summed E-state index contributed by atoms with van der Waals surface area (Å²) >= 11 is 0. The van der Waals surface area contributed by atoms with E-state index in [9.17, 15) is 4.79 Å². The highest BCUT2D eigenvalue weighted by atomic mass is 16.6. The van der Waals surface area contributed by atoms with Gasteiger partial charge in [-0.3, -0.25) is 10.3 Å². The van der Waals surface area contributed by atoms with Gasteiger partial charge < -0.3 is 9.64 Å². The minimum absolute atomic E-state index is 0.131. The highest BCUT2D eigenvalue weighted by molar-refractivity contribution is 5.95. The zero-order chi connectivity index (χ0) is 14.4. The van der Waals surface area contributed by atoms with E-state index in [1.54, 1.807) is 7.05 Å². The molecule has 0 saturated heterocycles. The van der Waals surface area contributed by atoms with Crippen LogP contribution < -0.4 is 10.2 Å². The number of amides is 1. The van der Waals surface area contributed by atoms with Gasteiger partial charge in [-0.05, 0) is 45.0 Å². The van der Waals surface area contributed by atoms with E-state index in [4.69, 9.17) is 4.74 Å². The van der Waals surface area contributed by atoms with Crippen LogP contribution in [0.5, 0.6) is 0 Å². The van der Waals surface area contributed by atoms with E-state index in [1.807, 2.05) is 57.0 Å². The summed E-state index contributed by atoms with van der Waals surface area (Å²) in [5, 5.41) is 2.67. The Bertz CT molecular complexity index is 452. The van der Waals surface area contributed by atoms with Crippen LogP contribution in [0.3, 0.4) is 0 Å². The van der Waals surface area contributed by atoms with Gasteiger partial charge >= 0.3 is 6.09 Å². The molecule has 19 heavy (non-hydrogen) atoms. The lowest BCUT2D eigenvalue weighted by Gasteiger charge is -2.18. The molecule has 1 aromatic carbocycles. The van der Waals surface area contributed by atoms with Gasteiger partial charge in [0.15, 0.2) is 0 Å².